The molecule has 0 aliphatic carbocycles. The molecule has 25 heavy (non-hydrogen) atoms. The molecular weight excluding hydrogens is 330 g/mol. The molecule has 1 aliphatic rings. The van der Waals surface area contributed by atoms with Gasteiger partial charge >= 0.3 is 5.97 Å². The maximum absolute atomic E-state index is 12.5. The molecule has 2 atom stereocenters. The van der Waals surface area contributed by atoms with Gasteiger partial charge in [0.25, 0.3) is 5.91 Å². The molecule has 0 bridgehead atoms. The summed E-state index contributed by atoms with van der Waals surface area (Å²) in [5.74, 6) is -0.946. The highest BCUT2D eigenvalue weighted by atomic mass is 16.5. The number of aliphatic carboxylic acids is 1. The number of carbonyl (C=O) groups is 2. The molecule has 1 aromatic heterocycles. The molecule has 1 saturated heterocycles. The van der Waals surface area contributed by atoms with Crippen LogP contribution < -0.4 is 5.32 Å². The van der Waals surface area contributed by atoms with E-state index in [1.54, 1.807) is 18.2 Å². The number of aliphatic hydroxyl groups is 1. The van der Waals surface area contributed by atoms with Gasteiger partial charge in [0.1, 0.15) is 19.0 Å². The minimum atomic E-state index is -1.05. The Labute approximate surface area is 143 Å². The lowest BCUT2D eigenvalue weighted by molar-refractivity contribution is -0.147. The molecule has 9 heteroatoms. The zero-order valence-electron chi connectivity index (χ0n) is 13.4. The normalized spacial score (nSPS) is 20.5. The molecule has 0 saturated carbocycles. The second-order valence-electron chi connectivity index (χ2n) is 5.76. The number of carboxylic acid groups (broad SMARTS) is 1. The Morgan fingerprint density at radius 1 is 1.44 bits per heavy atom. The number of H-pyrrole nitrogens is 1. The molecule has 1 aliphatic heterocycles. The van der Waals surface area contributed by atoms with Crippen LogP contribution >= 0.6 is 0 Å². The fraction of sp³-hybridized carbons (Fsp3) is 0.438. The number of rotatable bonds is 6. The Kier molecular flexibility index (Phi) is 5.27. The number of aliphatic hydroxyl groups excluding tert-OH is 1. The first-order valence-corrected chi connectivity index (χ1v) is 7.88. The summed E-state index contributed by atoms with van der Waals surface area (Å²) in [5.41, 5.74) is 1.72. The first-order chi connectivity index (χ1) is 12.1. The van der Waals surface area contributed by atoms with E-state index in [0.29, 0.717) is 35.4 Å². The van der Waals surface area contributed by atoms with Crippen molar-refractivity contribution in [2.45, 2.75) is 25.2 Å². The highest BCUT2D eigenvalue weighted by Crippen LogP contribution is 2.16. The molecule has 2 heterocycles. The van der Waals surface area contributed by atoms with Gasteiger partial charge in [0.05, 0.1) is 29.8 Å². The average Bonchev–Trinajstić information content (AvgIpc) is 3.03. The van der Waals surface area contributed by atoms with E-state index in [1.165, 1.54) is 0 Å². The lowest BCUT2D eigenvalue weighted by Gasteiger charge is -2.31. The van der Waals surface area contributed by atoms with Crippen molar-refractivity contribution in [3.63, 3.8) is 0 Å². The first-order valence-electron chi connectivity index (χ1n) is 7.88. The third-order valence-corrected chi connectivity index (χ3v) is 3.97. The molecule has 2 aromatic rings. The minimum absolute atomic E-state index is 0.210. The van der Waals surface area contributed by atoms with Crippen LogP contribution in [0.1, 0.15) is 22.6 Å². The second-order valence-corrected chi connectivity index (χ2v) is 5.76. The van der Waals surface area contributed by atoms with E-state index in [-0.39, 0.29) is 19.1 Å². The predicted molar refractivity (Wildman–Crippen MR) is 86.1 cm³/mol. The molecule has 1 aromatic carbocycles. The Morgan fingerprint density at radius 3 is 3.04 bits per heavy atom. The van der Waals surface area contributed by atoms with Crippen LogP contribution in [0.15, 0.2) is 18.2 Å². The van der Waals surface area contributed by atoms with Crippen LogP contribution in [0.5, 0.6) is 0 Å². The van der Waals surface area contributed by atoms with Crippen LogP contribution in [0, 0.1) is 0 Å². The third-order valence-electron chi connectivity index (χ3n) is 3.97. The number of nitrogens with one attached hydrogen (secondary N) is 2. The van der Waals surface area contributed by atoms with Gasteiger partial charge in [0, 0.05) is 12.2 Å². The Balaban J connectivity index is 1.70. The smallest absolute Gasteiger partial charge is 0.329 e. The maximum atomic E-state index is 12.5. The highest BCUT2D eigenvalue weighted by molar-refractivity contribution is 5.97. The average molecular weight is 349 g/mol. The number of aromatic nitrogens is 2. The van der Waals surface area contributed by atoms with Crippen LogP contribution in [0.2, 0.25) is 0 Å². The van der Waals surface area contributed by atoms with E-state index in [9.17, 15) is 9.59 Å². The summed E-state index contributed by atoms with van der Waals surface area (Å²) in [7, 11) is 0. The van der Waals surface area contributed by atoms with Crippen molar-refractivity contribution in [1.82, 2.24) is 15.3 Å². The van der Waals surface area contributed by atoms with E-state index in [1.807, 2.05) is 0 Å². The van der Waals surface area contributed by atoms with Crippen molar-refractivity contribution < 1.29 is 29.3 Å². The Morgan fingerprint density at radius 2 is 2.28 bits per heavy atom. The number of fused-ring (bicyclic) bond motifs is 1. The zero-order chi connectivity index (χ0) is 17.8. The van der Waals surface area contributed by atoms with Crippen LogP contribution in [0.4, 0.5) is 0 Å². The molecule has 1 fully saturated rings. The Hall–Kier alpha value is -2.49. The standard InChI is InChI=1S/C16H19N3O6/c20-6-14-17-10-2-1-9(5-11(10)18-14)16(23)19-12-7-24-4-3-13(12)25-8-15(21)22/h1-2,5,12-13,20H,3-4,6-8H2,(H,17,18)(H,19,23)(H,21,22)/t12-,13+/m1/s1. The second kappa shape index (κ2) is 7.60. The molecule has 4 N–H and O–H groups in total. The molecule has 1 amide bonds. The largest absolute Gasteiger partial charge is 0.480 e. The number of ether oxygens (including phenoxy) is 2. The summed E-state index contributed by atoms with van der Waals surface area (Å²) in [4.78, 5) is 30.3. The molecule has 0 spiro atoms. The van der Waals surface area contributed by atoms with Crippen molar-refractivity contribution >= 4 is 22.9 Å². The topological polar surface area (TPSA) is 134 Å². The first kappa shape index (κ1) is 17.3. The van der Waals surface area contributed by atoms with Gasteiger partial charge in [-0.25, -0.2) is 9.78 Å². The summed E-state index contributed by atoms with van der Waals surface area (Å²) >= 11 is 0. The summed E-state index contributed by atoms with van der Waals surface area (Å²) in [6.07, 6.45) is 0.100. The lowest BCUT2D eigenvalue weighted by atomic mass is 10.1. The van der Waals surface area contributed by atoms with E-state index in [2.05, 4.69) is 15.3 Å². The summed E-state index contributed by atoms with van der Waals surface area (Å²) in [6.45, 7) is 0.0942. The van der Waals surface area contributed by atoms with Crippen molar-refractivity contribution in [3.05, 3.63) is 29.6 Å². The van der Waals surface area contributed by atoms with Gasteiger partial charge in [0.2, 0.25) is 0 Å². The van der Waals surface area contributed by atoms with E-state index >= 15 is 0 Å². The highest BCUT2D eigenvalue weighted by Gasteiger charge is 2.29. The number of hydrogen-bond donors (Lipinski definition) is 4. The Bertz CT molecular complexity index is 774. The summed E-state index contributed by atoms with van der Waals surface area (Å²) in [5, 5.41) is 20.7. The molecular formula is C16H19N3O6. The predicted octanol–water partition coefficient (Wildman–Crippen LogP) is 0.0437. The van der Waals surface area contributed by atoms with Crippen molar-refractivity contribution in [3.8, 4) is 0 Å². The van der Waals surface area contributed by atoms with Gasteiger partial charge in [-0.3, -0.25) is 4.79 Å². The fourth-order valence-corrected chi connectivity index (χ4v) is 2.76. The molecule has 0 radical (unpaired) electrons. The molecule has 134 valence electrons. The van der Waals surface area contributed by atoms with Crippen LogP contribution in [0.3, 0.4) is 0 Å². The summed E-state index contributed by atoms with van der Waals surface area (Å²) in [6, 6.07) is 4.55. The van der Waals surface area contributed by atoms with Gasteiger partial charge in [-0.2, -0.15) is 0 Å². The number of aromatic amines is 1. The van der Waals surface area contributed by atoms with Gasteiger partial charge in [-0.15, -0.1) is 0 Å². The fourth-order valence-electron chi connectivity index (χ4n) is 2.76. The number of carboxylic acids is 1. The number of carbonyl (C=O) groups excluding carboxylic acids is 1. The summed E-state index contributed by atoms with van der Waals surface area (Å²) < 4.78 is 10.7. The van der Waals surface area contributed by atoms with Crippen LogP contribution in [0.25, 0.3) is 11.0 Å². The number of benzene rings is 1. The third kappa shape index (κ3) is 4.13. The van der Waals surface area contributed by atoms with Gasteiger partial charge < -0.3 is 30.0 Å². The maximum Gasteiger partial charge on any atom is 0.329 e. The number of amides is 1. The van der Waals surface area contributed by atoms with E-state index < -0.39 is 24.7 Å². The SMILES string of the molecule is O=C(O)CO[C@H]1CCOC[C@H]1NC(=O)c1ccc2nc(CO)[nH]c2c1. The quantitative estimate of drug-likeness (QED) is 0.579. The minimum Gasteiger partial charge on any atom is -0.480 e. The van der Waals surface area contributed by atoms with Gasteiger partial charge in [-0.05, 0) is 24.6 Å². The molecule has 9 nitrogen and oxygen atoms in total. The number of nitrogens with zero attached hydrogens (tertiary/aromatic N) is 1. The number of imidazole rings is 1. The van der Waals surface area contributed by atoms with E-state index in [0.717, 1.165) is 0 Å². The number of hydrogen-bond acceptors (Lipinski definition) is 6. The zero-order valence-corrected chi connectivity index (χ0v) is 13.4. The lowest BCUT2D eigenvalue weighted by Crippen LogP contribution is -2.51. The van der Waals surface area contributed by atoms with Crippen molar-refractivity contribution in [2.75, 3.05) is 19.8 Å². The van der Waals surface area contributed by atoms with Crippen LogP contribution in [-0.2, 0) is 20.9 Å². The van der Waals surface area contributed by atoms with Crippen molar-refractivity contribution in [2.24, 2.45) is 0 Å². The molecule has 0 unspecified atom stereocenters. The van der Waals surface area contributed by atoms with Gasteiger partial charge in [-0.1, -0.05) is 0 Å². The molecule has 3 rings (SSSR count). The van der Waals surface area contributed by atoms with Crippen molar-refractivity contribution in [1.29, 1.82) is 0 Å². The monoisotopic (exact) mass is 349 g/mol. The van der Waals surface area contributed by atoms with E-state index in [4.69, 9.17) is 19.7 Å². The van der Waals surface area contributed by atoms with Crippen LogP contribution in [-0.4, -0.2) is 64.0 Å². The van der Waals surface area contributed by atoms with Gasteiger partial charge in [0.15, 0.2) is 0 Å².